The number of hydrogen-bond acceptors (Lipinski definition) is 4. The van der Waals surface area contributed by atoms with Gasteiger partial charge in [-0.05, 0) is 63.2 Å². The Kier molecular flexibility index (Phi) is 6.76. The summed E-state index contributed by atoms with van der Waals surface area (Å²) in [6.45, 7) is 5.72. The van der Waals surface area contributed by atoms with Gasteiger partial charge in [-0.15, -0.1) is 0 Å². The van der Waals surface area contributed by atoms with Crippen LogP contribution in [0.15, 0.2) is 60.7 Å². The van der Waals surface area contributed by atoms with E-state index in [9.17, 15) is 18.0 Å². The topological polar surface area (TPSA) is 53.3 Å². The van der Waals surface area contributed by atoms with E-state index in [1.165, 1.54) is 12.1 Å². The number of aromatic nitrogens is 2. The summed E-state index contributed by atoms with van der Waals surface area (Å²) in [5, 5.41) is 0.668. The van der Waals surface area contributed by atoms with E-state index in [1.807, 2.05) is 13.8 Å². The highest BCUT2D eigenvalue weighted by atomic mass is 35.5. The Morgan fingerprint density at radius 2 is 1.71 bits per heavy atom. The van der Waals surface area contributed by atoms with Crippen LogP contribution in [-0.4, -0.2) is 28.2 Å². The van der Waals surface area contributed by atoms with Gasteiger partial charge >= 0.3 is 12.1 Å². The minimum Gasteiger partial charge on any atom is -0.491 e. The molecule has 2 aromatic heterocycles. The van der Waals surface area contributed by atoms with Gasteiger partial charge in [-0.3, -0.25) is 0 Å². The first-order chi connectivity index (χ1) is 16.6. The highest BCUT2D eigenvalue weighted by Gasteiger charge is 2.30. The number of nitrogens with zero attached hydrogens (tertiary/aromatic N) is 2. The number of alkyl halides is 3. The Bertz CT molecular complexity index is 1360. The number of rotatable bonds is 6. The van der Waals surface area contributed by atoms with E-state index in [2.05, 4.69) is 4.98 Å². The maximum atomic E-state index is 13.0. The van der Waals surface area contributed by atoms with Gasteiger partial charge in [-0.1, -0.05) is 23.7 Å². The Morgan fingerprint density at radius 3 is 2.29 bits per heavy atom. The van der Waals surface area contributed by atoms with Crippen molar-refractivity contribution in [2.45, 2.75) is 33.1 Å². The smallest absolute Gasteiger partial charge is 0.416 e. The quantitative estimate of drug-likeness (QED) is 0.204. The zero-order valence-electron chi connectivity index (χ0n) is 19.2. The lowest BCUT2D eigenvalue weighted by atomic mass is 10.1. The standard InChI is InChI=1S/C26H22ClF3N2O3/c1-4-34-25(33)22-13-20-21(32(22)18-9-11-19(12-10-18)35-15(2)3)14-23(27)31-24(20)16-5-7-17(8-6-16)26(28,29)30/h5-15H,4H2,1-3H3. The van der Waals surface area contributed by atoms with Gasteiger partial charge < -0.3 is 14.0 Å². The molecule has 35 heavy (non-hydrogen) atoms. The Labute approximate surface area is 205 Å². The lowest BCUT2D eigenvalue weighted by Crippen LogP contribution is -2.11. The van der Waals surface area contributed by atoms with Gasteiger partial charge in [0, 0.05) is 22.7 Å². The molecule has 0 saturated carbocycles. The fourth-order valence-corrected chi connectivity index (χ4v) is 3.97. The fraction of sp³-hybridized carbons (Fsp3) is 0.231. The van der Waals surface area contributed by atoms with Crippen molar-refractivity contribution < 1.29 is 27.4 Å². The first kappa shape index (κ1) is 24.6. The summed E-state index contributed by atoms with van der Waals surface area (Å²) in [6.07, 6.45) is -4.46. The third-order valence-corrected chi connectivity index (χ3v) is 5.40. The lowest BCUT2D eigenvalue weighted by Gasteiger charge is -2.13. The molecule has 5 nitrogen and oxygen atoms in total. The summed E-state index contributed by atoms with van der Waals surface area (Å²) in [6, 6.07) is 15.0. The average molecular weight is 503 g/mol. The molecule has 0 spiro atoms. The fourth-order valence-electron chi connectivity index (χ4n) is 3.79. The monoisotopic (exact) mass is 502 g/mol. The minimum atomic E-state index is -4.46. The lowest BCUT2D eigenvalue weighted by molar-refractivity contribution is -0.137. The van der Waals surface area contributed by atoms with Gasteiger partial charge in [0.2, 0.25) is 0 Å². The second kappa shape index (κ2) is 9.62. The van der Waals surface area contributed by atoms with Crippen LogP contribution >= 0.6 is 11.6 Å². The van der Waals surface area contributed by atoms with Crippen LogP contribution in [0.3, 0.4) is 0 Å². The Morgan fingerprint density at radius 1 is 1.06 bits per heavy atom. The normalized spacial score (nSPS) is 11.8. The summed E-state index contributed by atoms with van der Waals surface area (Å²) in [7, 11) is 0. The van der Waals surface area contributed by atoms with Crippen LogP contribution in [0.5, 0.6) is 5.75 Å². The van der Waals surface area contributed by atoms with Gasteiger partial charge in [-0.25, -0.2) is 9.78 Å². The number of esters is 1. The molecule has 0 aliphatic heterocycles. The number of hydrogen-bond donors (Lipinski definition) is 0. The van der Waals surface area contributed by atoms with Gasteiger partial charge in [0.05, 0.1) is 29.5 Å². The molecule has 4 aromatic rings. The molecule has 0 N–H and O–H groups in total. The molecule has 0 aliphatic rings. The molecule has 0 radical (unpaired) electrons. The molecule has 2 heterocycles. The van der Waals surface area contributed by atoms with Gasteiger partial charge in [-0.2, -0.15) is 13.2 Å². The third kappa shape index (κ3) is 5.12. The number of halogens is 4. The molecular weight excluding hydrogens is 481 g/mol. The molecule has 0 bridgehead atoms. The van der Waals surface area contributed by atoms with E-state index in [0.29, 0.717) is 33.6 Å². The van der Waals surface area contributed by atoms with Gasteiger partial charge in [0.25, 0.3) is 0 Å². The van der Waals surface area contributed by atoms with Crippen LogP contribution in [0, 0.1) is 0 Å². The highest BCUT2D eigenvalue weighted by molar-refractivity contribution is 6.30. The molecule has 0 unspecified atom stereocenters. The summed E-state index contributed by atoms with van der Waals surface area (Å²) >= 11 is 6.33. The Hall–Kier alpha value is -3.52. The number of benzene rings is 2. The molecule has 182 valence electrons. The maximum absolute atomic E-state index is 13.0. The summed E-state index contributed by atoms with van der Waals surface area (Å²) in [4.78, 5) is 17.2. The van der Waals surface area contributed by atoms with Crippen LogP contribution in [0.2, 0.25) is 5.15 Å². The van der Waals surface area contributed by atoms with Crippen LogP contribution < -0.4 is 4.74 Å². The number of carbonyl (C=O) groups is 1. The van der Waals surface area contributed by atoms with E-state index >= 15 is 0 Å². The predicted molar refractivity (Wildman–Crippen MR) is 128 cm³/mol. The first-order valence-electron chi connectivity index (χ1n) is 10.9. The number of ether oxygens (including phenoxy) is 2. The van der Waals surface area contributed by atoms with Crippen molar-refractivity contribution in [3.63, 3.8) is 0 Å². The van der Waals surface area contributed by atoms with Crippen LogP contribution in [0.4, 0.5) is 13.2 Å². The van der Waals surface area contributed by atoms with E-state index < -0.39 is 17.7 Å². The molecule has 0 amide bonds. The highest BCUT2D eigenvalue weighted by Crippen LogP contribution is 2.36. The molecule has 2 aromatic carbocycles. The molecule has 4 rings (SSSR count). The molecule has 0 aliphatic carbocycles. The largest absolute Gasteiger partial charge is 0.491 e. The van der Waals surface area contributed by atoms with Crippen molar-refractivity contribution in [1.29, 1.82) is 0 Å². The third-order valence-electron chi connectivity index (χ3n) is 5.21. The molecular formula is C26H22ClF3N2O3. The van der Waals surface area contributed by atoms with Gasteiger partial charge in [0.1, 0.15) is 16.6 Å². The van der Waals surface area contributed by atoms with Crippen molar-refractivity contribution >= 4 is 28.5 Å². The van der Waals surface area contributed by atoms with Crippen molar-refractivity contribution in [2.75, 3.05) is 6.61 Å². The van der Waals surface area contributed by atoms with E-state index in [0.717, 1.165) is 12.1 Å². The average Bonchev–Trinajstić information content (AvgIpc) is 3.18. The second-order valence-corrected chi connectivity index (χ2v) is 8.43. The maximum Gasteiger partial charge on any atom is 0.416 e. The van der Waals surface area contributed by atoms with Crippen LogP contribution in [0.25, 0.3) is 27.8 Å². The molecule has 0 fully saturated rings. The molecule has 0 saturated heterocycles. The SMILES string of the molecule is CCOC(=O)c1cc2c(-c3ccc(C(F)(F)F)cc3)nc(Cl)cc2n1-c1ccc(OC(C)C)cc1. The zero-order chi connectivity index (χ0) is 25.3. The van der Waals surface area contributed by atoms with Crippen molar-refractivity contribution in [3.05, 3.63) is 77.1 Å². The summed E-state index contributed by atoms with van der Waals surface area (Å²) in [5.74, 6) is 0.115. The summed E-state index contributed by atoms with van der Waals surface area (Å²) < 4.78 is 51.8. The van der Waals surface area contributed by atoms with Gasteiger partial charge in [0.15, 0.2) is 0 Å². The van der Waals surface area contributed by atoms with Crippen LogP contribution in [-0.2, 0) is 10.9 Å². The number of carbonyl (C=O) groups excluding carboxylic acids is 1. The molecule has 9 heteroatoms. The first-order valence-corrected chi connectivity index (χ1v) is 11.3. The van der Waals surface area contributed by atoms with E-state index in [1.54, 1.807) is 47.9 Å². The van der Waals surface area contributed by atoms with Crippen LogP contribution in [0.1, 0.15) is 36.8 Å². The zero-order valence-corrected chi connectivity index (χ0v) is 19.9. The number of fused-ring (bicyclic) bond motifs is 1. The Balaban J connectivity index is 1.92. The van der Waals surface area contributed by atoms with Crippen molar-refractivity contribution in [1.82, 2.24) is 9.55 Å². The minimum absolute atomic E-state index is 0.000440. The second-order valence-electron chi connectivity index (χ2n) is 8.05. The van der Waals surface area contributed by atoms with E-state index in [-0.39, 0.29) is 23.6 Å². The number of pyridine rings is 1. The molecule has 0 atom stereocenters. The van der Waals surface area contributed by atoms with Crippen molar-refractivity contribution in [3.8, 4) is 22.7 Å². The van der Waals surface area contributed by atoms with E-state index in [4.69, 9.17) is 21.1 Å². The predicted octanol–water partition coefficient (Wildman–Crippen LogP) is 7.33. The van der Waals surface area contributed by atoms with Crippen molar-refractivity contribution in [2.24, 2.45) is 0 Å². The summed E-state index contributed by atoms with van der Waals surface area (Å²) in [5.41, 5.74) is 1.45.